The number of H-pyrrole nitrogens is 1. The first-order valence-corrected chi connectivity index (χ1v) is 7.62. The number of carbonyl (C=O) groups excluding carboxylic acids is 1. The van der Waals surface area contributed by atoms with Gasteiger partial charge >= 0.3 is 0 Å². The molecule has 3 rings (SSSR count). The minimum atomic E-state index is -0.318. The quantitative estimate of drug-likeness (QED) is 0.709. The fourth-order valence-electron chi connectivity index (χ4n) is 2.13. The summed E-state index contributed by atoms with van der Waals surface area (Å²) in [6, 6.07) is 13.6. The first-order chi connectivity index (χ1) is 10.2. The number of fused-ring (bicyclic) bond motifs is 1. The highest BCUT2D eigenvalue weighted by Crippen LogP contribution is 2.21. The van der Waals surface area contributed by atoms with Gasteiger partial charge in [-0.2, -0.15) is 0 Å². The molecule has 0 aliphatic carbocycles. The van der Waals surface area contributed by atoms with Crippen LogP contribution in [0.2, 0.25) is 0 Å². The van der Waals surface area contributed by atoms with Crippen molar-refractivity contribution in [2.24, 2.45) is 0 Å². The number of aromatic nitrogens is 1. The molecule has 0 fully saturated rings. The lowest BCUT2D eigenvalue weighted by Gasteiger charge is -2.05. The second kappa shape index (κ2) is 5.61. The van der Waals surface area contributed by atoms with E-state index < -0.39 is 0 Å². The van der Waals surface area contributed by atoms with Crippen LogP contribution in [0.4, 0.5) is 10.1 Å². The summed E-state index contributed by atoms with van der Waals surface area (Å²) in [5.41, 5.74) is 1.88. The molecule has 0 bridgehead atoms. The number of nitrogens with one attached hydrogen (secondary N) is 2. The summed E-state index contributed by atoms with van der Waals surface area (Å²) in [5, 5.41) is 3.51. The van der Waals surface area contributed by atoms with Crippen molar-refractivity contribution in [3.63, 3.8) is 0 Å². The van der Waals surface area contributed by atoms with Gasteiger partial charge < -0.3 is 10.3 Å². The summed E-state index contributed by atoms with van der Waals surface area (Å²) in [5.74, 6) is -0.564. The third-order valence-corrected chi connectivity index (χ3v) is 3.88. The first kappa shape index (κ1) is 13.7. The topological polar surface area (TPSA) is 44.9 Å². The van der Waals surface area contributed by atoms with Crippen LogP contribution in [0.15, 0.2) is 53.4 Å². The number of halogens is 1. The normalized spacial score (nSPS) is 10.8. The predicted molar refractivity (Wildman–Crippen MR) is 84.4 cm³/mol. The SMILES string of the molecule is CSc1cccc(NC(=O)c2cc3cc(F)ccc3[nH]2)c1. The molecule has 21 heavy (non-hydrogen) atoms. The van der Waals surface area contributed by atoms with Gasteiger partial charge in [0.15, 0.2) is 0 Å². The van der Waals surface area contributed by atoms with Gasteiger partial charge in [-0.3, -0.25) is 4.79 Å². The second-order valence-electron chi connectivity index (χ2n) is 4.60. The Morgan fingerprint density at radius 2 is 2.05 bits per heavy atom. The molecule has 1 heterocycles. The zero-order chi connectivity index (χ0) is 14.8. The lowest BCUT2D eigenvalue weighted by Crippen LogP contribution is -2.12. The zero-order valence-corrected chi connectivity index (χ0v) is 12.1. The Bertz CT molecular complexity index is 813. The fraction of sp³-hybridized carbons (Fsp3) is 0.0625. The van der Waals surface area contributed by atoms with E-state index >= 15 is 0 Å². The highest BCUT2D eigenvalue weighted by molar-refractivity contribution is 7.98. The molecule has 0 aliphatic heterocycles. The van der Waals surface area contributed by atoms with Crippen molar-refractivity contribution in [1.29, 1.82) is 0 Å². The van der Waals surface area contributed by atoms with Gasteiger partial charge in [0.1, 0.15) is 11.5 Å². The average Bonchev–Trinajstić information content (AvgIpc) is 2.90. The van der Waals surface area contributed by atoms with Crippen molar-refractivity contribution < 1.29 is 9.18 Å². The molecule has 0 saturated heterocycles. The van der Waals surface area contributed by atoms with E-state index in [9.17, 15) is 9.18 Å². The van der Waals surface area contributed by atoms with Gasteiger partial charge in [0.05, 0.1) is 0 Å². The van der Waals surface area contributed by atoms with E-state index in [2.05, 4.69) is 10.3 Å². The van der Waals surface area contributed by atoms with E-state index in [1.54, 1.807) is 23.9 Å². The van der Waals surface area contributed by atoms with Crippen molar-refractivity contribution in [3.05, 3.63) is 60.0 Å². The molecular formula is C16H13FN2OS. The third-order valence-electron chi connectivity index (χ3n) is 3.16. The summed E-state index contributed by atoms with van der Waals surface area (Å²) in [7, 11) is 0. The molecule has 0 atom stereocenters. The Morgan fingerprint density at radius 1 is 1.19 bits per heavy atom. The molecule has 5 heteroatoms. The maximum absolute atomic E-state index is 13.2. The molecule has 0 unspecified atom stereocenters. The Labute approximate surface area is 125 Å². The predicted octanol–water partition coefficient (Wildman–Crippen LogP) is 4.28. The molecule has 0 saturated carbocycles. The van der Waals surface area contributed by atoms with Gasteiger partial charge in [-0.25, -0.2) is 4.39 Å². The first-order valence-electron chi connectivity index (χ1n) is 6.39. The number of hydrogen-bond acceptors (Lipinski definition) is 2. The van der Waals surface area contributed by atoms with Crippen LogP contribution in [0.25, 0.3) is 10.9 Å². The molecule has 106 valence electrons. The molecular weight excluding hydrogens is 287 g/mol. The summed E-state index contributed by atoms with van der Waals surface area (Å²) in [6.07, 6.45) is 1.98. The summed E-state index contributed by atoms with van der Waals surface area (Å²) in [4.78, 5) is 16.3. The van der Waals surface area contributed by atoms with Gasteiger partial charge in [0.2, 0.25) is 0 Å². The van der Waals surface area contributed by atoms with Crippen molar-refractivity contribution >= 4 is 34.3 Å². The molecule has 2 N–H and O–H groups in total. The van der Waals surface area contributed by atoms with Gasteiger partial charge in [-0.15, -0.1) is 11.8 Å². The molecule has 3 nitrogen and oxygen atoms in total. The standard InChI is InChI=1S/C16H13FN2OS/c1-21-13-4-2-3-12(9-13)18-16(20)15-8-10-7-11(17)5-6-14(10)19-15/h2-9,19H,1H3,(H,18,20). The van der Waals surface area contributed by atoms with Crippen LogP contribution in [0, 0.1) is 5.82 Å². The number of amides is 1. The van der Waals surface area contributed by atoms with Gasteiger partial charge in [-0.1, -0.05) is 6.07 Å². The smallest absolute Gasteiger partial charge is 0.272 e. The third kappa shape index (κ3) is 2.92. The van der Waals surface area contributed by atoms with Gasteiger partial charge in [0, 0.05) is 21.5 Å². The Kier molecular flexibility index (Phi) is 3.66. The largest absolute Gasteiger partial charge is 0.351 e. The molecule has 0 spiro atoms. The lowest BCUT2D eigenvalue weighted by molar-refractivity contribution is 0.102. The van der Waals surface area contributed by atoms with E-state index in [-0.39, 0.29) is 11.7 Å². The van der Waals surface area contributed by atoms with Crippen LogP contribution >= 0.6 is 11.8 Å². The molecule has 2 aromatic carbocycles. The van der Waals surface area contributed by atoms with E-state index in [4.69, 9.17) is 0 Å². The van der Waals surface area contributed by atoms with Crippen LogP contribution in [-0.2, 0) is 0 Å². The maximum atomic E-state index is 13.2. The van der Waals surface area contributed by atoms with E-state index in [0.29, 0.717) is 11.1 Å². The second-order valence-corrected chi connectivity index (χ2v) is 5.48. The summed E-state index contributed by atoms with van der Waals surface area (Å²) < 4.78 is 13.2. The van der Waals surface area contributed by atoms with Crippen LogP contribution in [0.1, 0.15) is 10.5 Å². The maximum Gasteiger partial charge on any atom is 0.272 e. The lowest BCUT2D eigenvalue weighted by atomic mass is 10.2. The Hall–Kier alpha value is -2.27. The number of thioether (sulfide) groups is 1. The molecule has 0 radical (unpaired) electrons. The molecule has 3 aromatic rings. The van der Waals surface area contributed by atoms with Crippen LogP contribution in [0.3, 0.4) is 0 Å². The number of aromatic amines is 1. The number of carbonyl (C=O) groups is 1. The number of hydrogen-bond donors (Lipinski definition) is 2. The molecule has 0 aliphatic rings. The number of anilines is 1. The summed E-state index contributed by atoms with van der Waals surface area (Å²) >= 11 is 1.61. The monoisotopic (exact) mass is 300 g/mol. The van der Waals surface area contributed by atoms with Crippen LogP contribution < -0.4 is 5.32 Å². The summed E-state index contributed by atoms with van der Waals surface area (Å²) in [6.45, 7) is 0. The van der Waals surface area contributed by atoms with Gasteiger partial charge in [-0.05, 0) is 48.7 Å². The van der Waals surface area contributed by atoms with Crippen LogP contribution in [-0.4, -0.2) is 17.1 Å². The van der Waals surface area contributed by atoms with E-state index in [1.165, 1.54) is 12.1 Å². The highest BCUT2D eigenvalue weighted by atomic mass is 32.2. The Balaban J connectivity index is 1.86. The van der Waals surface area contributed by atoms with Gasteiger partial charge in [0.25, 0.3) is 5.91 Å². The molecule has 1 amide bonds. The minimum Gasteiger partial charge on any atom is -0.351 e. The average molecular weight is 300 g/mol. The highest BCUT2D eigenvalue weighted by Gasteiger charge is 2.10. The Morgan fingerprint density at radius 3 is 2.86 bits per heavy atom. The van der Waals surface area contributed by atoms with E-state index in [0.717, 1.165) is 16.1 Å². The van der Waals surface area contributed by atoms with Crippen LogP contribution in [0.5, 0.6) is 0 Å². The zero-order valence-electron chi connectivity index (χ0n) is 11.3. The van der Waals surface area contributed by atoms with Crippen molar-refractivity contribution in [3.8, 4) is 0 Å². The minimum absolute atomic E-state index is 0.245. The fourth-order valence-corrected chi connectivity index (χ4v) is 2.58. The van der Waals surface area contributed by atoms with Crippen molar-refractivity contribution in [1.82, 2.24) is 4.98 Å². The van der Waals surface area contributed by atoms with E-state index in [1.807, 2.05) is 30.5 Å². The van der Waals surface area contributed by atoms with Crippen molar-refractivity contribution in [2.45, 2.75) is 4.90 Å². The molecule has 1 aromatic heterocycles. The number of rotatable bonds is 3. The number of benzene rings is 2. The van der Waals surface area contributed by atoms with Crippen molar-refractivity contribution in [2.75, 3.05) is 11.6 Å².